The van der Waals surface area contributed by atoms with Crippen LogP contribution in [0.3, 0.4) is 0 Å². The van der Waals surface area contributed by atoms with E-state index in [2.05, 4.69) is 4.98 Å². The summed E-state index contributed by atoms with van der Waals surface area (Å²) in [6.07, 6.45) is 1.45. The first-order chi connectivity index (χ1) is 7.18. The molecule has 0 saturated carbocycles. The Bertz CT molecular complexity index is 525. The van der Waals surface area contributed by atoms with Crippen molar-refractivity contribution >= 4 is 28.3 Å². The van der Waals surface area contributed by atoms with Crippen LogP contribution in [0.25, 0.3) is 10.8 Å². The number of fused-ring (bicyclic) bond motifs is 1. The Balaban J connectivity index is 2.66. The number of hydrogen-bond donors (Lipinski definition) is 0. The number of benzene rings is 1. The molecule has 0 spiro atoms. The predicted octanol–water partition coefficient (Wildman–Crippen LogP) is 2.81. The van der Waals surface area contributed by atoms with Gasteiger partial charge in [-0.05, 0) is 0 Å². The summed E-state index contributed by atoms with van der Waals surface area (Å²) in [5, 5.41) is 1.96. The minimum atomic E-state index is -0.371. The third-order valence-corrected chi connectivity index (χ3v) is 2.26. The van der Waals surface area contributed by atoms with Crippen molar-refractivity contribution in [1.82, 2.24) is 4.98 Å². The number of aromatic nitrogens is 1. The lowest BCUT2D eigenvalue weighted by Gasteiger charge is -2.05. The number of carbonyl (C=O) groups excluding carboxylic acids is 1. The van der Waals surface area contributed by atoms with Gasteiger partial charge >= 0.3 is 5.97 Å². The average molecular weight is 222 g/mol. The second-order valence-corrected chi connectivity index (χ2v) is 3.41. The van der Waals surface area contributed by atoms with E-state index >= 15 is 0 Å². The topological polar surface area (TPSA) is 39.2 Å². The molecule has 2 rings (SSSR count). The van der Waals surface area contributed by atoms with Crippen LogP contribution in [0, 0.1) is 0 Å². The van der Waals surface area contributed by atoms with Crippen LogP contribution in [0.1, 0.15) is 6.92 Å². The Kier molecular flexibility index (Phi) is 2.56. The summed E-state index contributed by atoms with van der Waals surface area (Å²) in [6.45, 7) is 1.35. The third-order valence-electron chi connectivity index (χ3n) is 1.96. The second kappa shape index (κ2) is 3.87. The Morgan fingerprint density at radius 3 is 2.67 bits per heavy atom. The van der Waals surface area contributed by atoms with E-state index in [1.165, 1.54) is 13.1 Å². The molecule has 0 saturated heterocycles. The molecule has 0 N–H and O–H groups in total. The highest BCUT2D eigenvalue weighted by atomic mass is 35.5. The lowest BCUT2D eigenvalue weighted by atomic mass is 10.2. The largest absolute Gasteiger partial charge is 0.424 e. The van der Waals surface area contributed by atoms with E-state index in [4.69, 9.17) is 16.3 Å². The predicted molar refractivity (Wildman–Crippen MR) is 58.1 cm³/mol. The molecule has 0 amide bonds. The van der Waals surface area contributed by atoms with Crippen LogP contribution in [0.4, 0.5) is 0 Å². The molecule has 3 nitrogen and oxygen atoms in total. The highest BCUT2D eigenvalue weighted by Gasteiger charge is 2.07. The number of rotatable bonds is 1. The van der Waals surface area contributed by atoms with Crippen LogP contribution in [0.5, 0.6) is 5.75 Å². The molecule has 1 aromatic heterocycles. The van der Waals surface area contributed by atoms with Crippen LogP contribution >= 0.6 is 11.6 Å². The van der Waals surface area contributed by atoms with Crippen molar-refractivity contribution in [2.24, 2.45) is 0 Å². The van der Waals surface area contributed by atoms with E-state index in [-0.39, 0.29) is 5.97 Å². The van der Waals surface area contributed by atoms with Gasteiger partial charge in [0.15, 0.2) is 5.75 Å². The normalized spacial score (nSPS) is 10.3. The van der Waals surface area contributed by atoms with Gasteiger partial charge in [-0.1, -0.05) is 35.9 Å². The van der Waals surface area contributed by atoms with Crippen molar-refractivity contribution in [3.63, 3.8) is 0 Å². The Hall–Kier alpha value is -1.61. The molecule has 1 heterocycles. The summed E-state index contributed by atoms with van der Waals surface area (Å²) in [4.78, 5) is 14.8. The minimum Gasteiger partial charge on any atom is -0.424 e. The first kappa shape index (κ1) is 9.93. The monoisotopic (exact) mass is 221 g/mol. The van der Waals surface area contributed by atoms with Crippen LogP contribution < -0.4 is 4.74 Å². The Labute approximate surface area is 91.6 Å². The quantitative estimate of drug-likeness (QED) is 0.549. The fourth-order valence-corrected chi connectivity index (χ4v) is 1.58. The molecule has 0 radical (unpaired) electrons. The van der Waals surface area contributed by atoms with Crippen molar-refractivity contribution in [2.45, 2.75) is 6.92 Å². The van der Waals surface area contributed by atoms with E-state index in [1.54, 1.807) is 0 Å². The molecule has 76 valence electrons. The molecular weight excluding hydrogens is 214 g/mol. The maximum Gasteiger partial charge on any atom is 0.308 e. The Morgan fingerprint density at radius 2 is 2.00 bits per heavy atom. The fraction of sp³-hybridized carbons (Fsp3) is 0.0909. The van der Waals surface area contributed by atoms with Crippen molar-refractivity contribution in [3.05, 3.63) is 35.6 Å². The molecule has 0 aliphatic carbocycles. The molecule has 1 aromatic carbocycles. The molecule has 0 fully saturated rings. The zero-order valence-electron chi connectivity index (χ0n) is 8.03. The lowest BCUT2D eigenvalue weighted by molar-refractivity contribution is -0.131. The molecule has 15 heavy (non-hydrogen) atoms. The first-order valence-electron chi connectivity index (χ1n) is 4.40. The zero-order valence-corrected chi connectivity index (χ0v) is 8.78. The second-order valence-electron chi connectivity index (χ2n) is 3.05. The molecule has 2 aromatic rings. The van der Waals surface area contributed by atoms with Crippen LogP contribution in [-0.4, -0.2) is 11.0 Å². The molecule has 0 bridgehead atoms. The van der Waals surface area contributed by atoms with Crippen LogP contribution in [0.2, 0.25) is 5.15 Å². The van der Waals surface area contributed by atoms with Gasteiger partial charge in [0.05, 0.1) is 6.20 Å². The maximum absolute atomic E-state index is 10.9. The van der Waals surface area contributed by atoms with Gasteiger partial charge in [-0.25, -0.2) is 4.98 Å². The number of halogens is 1. The van der Waals surface area contributed by atoms with E-state index < -0.39 is 0 Å². The maximum atomic E-state index is 10.9. The summed E-state index contributed by atoms with van der Waals surface area (Å²) in [7, 11) is 0. The number of pyridine rings is 1. The van der Waals surface area contributed by atoms with E-state index in [0.29, 0.717) is 10.9 Å². The van der Waals surface area contributed by atoms with Gasteiger partial charge < -0.3 is 4.74 Å². The molecule has 0 atom stereocenters. The smallest absolute Gasteiger partial charge is 0.308 e. The van der Waals surface area contributed by atoms with E-state index in [1.807, 2.05) is 24.3 Å². The SMILES string of the molecule is CC(=O)Oc1cnc(Cl)c2ccccc12. The van der Waals surface area contributed by atoms with Gasteiger partial charge in [0.1, 0.15) is 5.15 Å². The van der Waals surface area contributed by atoms with E-state index in [9.17, 15) is 4.79 Å². The lowest BCUT2D eigenvalue weighted by Crippen LogP contribution is -2.02. The summed E-state index contributed by atoms with van der Waals surface area (Å²) in [5.41, 5.74) is 0. The highest BCUT2D eigenvalue weighted by molar-refractivity contribution is 6.34. The molecular formula is C11H8ClNO2. The van der Waals surface area contributed by atoms with E-state index in [0.717, 1.165) is 10.8 Å². The van der Waals surface area contributed by atoms with Crippen molar-refractivity contribution < 1.29 is 9.53 Å². The minimum absolute atomic E-state index is 0.371. The first-order valence-corrected chi connectivity index (χ1v) is 4.78. The Morgan fingerprint density at radius 1 is 1.33 bits per heavy atom. The number of esters is 1. The van der Waals surface area contributed by atoms with Crippen LogP contribution in [-0.2, 0) is 4.79 Å². The van der Waals surface area contributed by atoms with Gasteiger partial charge in [-0.3, -0.25) is 4.79 Å². The van der Waals surface area contributed by atoms with Crippen LogP contribution in [0.15, 0.2) is 30.5 Å². The van der Waals surface area contributed by atoms with Gasteiger partial charge in [0.25, 0.3) is 0 Å². The molecule has 0 aliphatic rings. The number of carbonyl (C=O) groups is 1. The van der Waals surface area contributed by atoms with Gasteiger partial charge in [0, 0.05) is 17.7 Å². The molecule has 4 heteroatoms. The number of nitrogens with zero attached hydrogens (tertiary/aromatic N) is 1. The molecule has 0 aliphatic heterocycles. The third kappa shape index (κ3) is 1.92. The summed E-state index contributed by atoms with van der Waals surface area (Å²) < 4.78 is 5.02. The standard InChI is InChI=1S/C11H8ClNO2/c1-7(14)15-10-6-13-11(12)9-5-3-2-4-8(9)10/h2-6H,1H3. The summed E-state index contributed by atoms with van der Waals surface area (Å²) >= 11 is 5.91. The van der Waals surface area contributed by atoms with Crippen molar-refractivity contribution in [3.8, 4) is 5.75 Å². The van der Waals surface area contributed by atoms with Gasteiger partial charge in [-0.15, -0.1) is 0 Å². The fourth-order valence-electron chi connectivity index (χ4n) is 1.37. The zero-order chi connectivity index (χ0) is 10.8. The summed E-state index contributed by atoms with van der Waals surface area (Å²) in [5.74, 6) is 0.0618. The number of hydrogen-bond acceptors (Lipinski definition) is 3. The molecule has 0 unspecified atom stereocenters. The van der Waals surface area contributed by atoms with Gasteiger partial charge in [0.2, 0.25) is 0 Å². The van der Waals surface area contributed by atoms with Crippen molar-refractivity contribution in [2.75, 3.05) is 0 Å². The highest BCUT2D eigenvalue weighted by Crippen LogP contribution is 2.29. The van der Waals surface area contributed by atoms with Gasteiger partial charge in [-0.2, -0.15) is 0 Å². The average Bonchev–Trinajstić information content (AvgIpc) is 2.22. The van der Waals surface area contributed by atoms with Crippen molar-refractivity contribution in [1.29, 1.82) is 0 Å². The summed E-state index contributed by atoms with van der Waals surface area (Å²) in [6, 6.07) is 7.37. The number of ether oxygens (including phenoxy) is 1.